The third-order valence-electron chi connectivity index (χ3n) is 3.16. The number of hydrogen-bond donors (Lipinski definition) is 3. The fourth-order valence-corrected chi connectivity index (χ4v) is 2.42. The van der Waals surface area contributed by atoms with Crippen LogP contribution >= 0.6 is 15.9 Å². The van der Waals surface area contributed by atoms with Crippen LogP contribution in [0, 0.1) is 5.82 Å². The Morgan fingerprint density at radius 1 is 1.12 bits per heavy atom. The number of rotatable bonds is 6. The zero-order valence-electron chi connectivity index (χ0n) is 13.7. The van der Waals surface area contributed by atoms with Crippen LogP contribution in [0.5, 0.6) is 5.75 Å². The smallest absolute Gasteiger partial charge is 0.243 e. The SMILES string of the molecule is COc1ccc(NC(C)=O)cc1NC(=O)CNc1ccc(Br)cc1F. The minimum absolute atomic E-state index is 0.133. The van der Waals surface area contributed by atoms with E-state index in [-0.39, 0.29) is 24.0 Å². The predicted molar refractivity (Wildman–Crippen MR) is 98.5 cm³/mol. The lowest BCUT2D eigenvalue weighted by Crippen LogP contribution is -2.22. The number of carbonyl (C=O) groups is 2. The molecule has 0 fully saturated rings. The van der Waals surface area contributed by atoms with Crippen molar-refractivity contribution in [2.24, 2.45) is 0 Å². The number of ether oxygens (including phenoxy) is 1. The molecule has 2 rings (SSSR count). The van der Waals surface area contributed by atoms with Crippen LogP contribution in [0.25, 0.3) is 0 Å². The number of carbonyl (C=O) groups excluding carboxylic acids is 2. The molecule has 6 nitrogen and oxygen atoms in total. The number of hydrogen-bond acceptors (Lipinski definition) is 4. The summed E-state index contributed by atoms with van der Waals surface area (Å²) in [5, 5.41) is 8.02. The molecule has 0 atom stereocenters. The fourth-order valence-electron chi connectivity index (χ4n) is 2.09. The third-order valence-corrected chi connectivity index (χ3v) is 3.66. The molecule has 2 aromatic carbocycles. The highest BCUT2D eigenvalue weighted by atomic mass is 79.9. The zero-order chi connectivity index (χ0) is 18.4. The minimum Gasteiger partial charge on any atom is -0.495 e. The van der Waals surface area contributed by atoms with Crippen LogP contribution < -0.4 is 20.7 Å². The first kappa shape index (κ1) is 18.7. The summed E-state index contributed by atoms with van der Waals surface area (Å²) in [6, 6.07) is 9.38. The van der Waals surface area contributed by atoms with Crippen LogP contribution in [0.15, 0.2) is 40.9 Å². The summed E-state index contributed by atoms with van der Waals surface area (Å²) in [7, 11) is 1.47. The van der Waals surface area contributed by atoms with Gasteiger partial charge in [0.2, 0.25) is 11.8 Å². The lowest BCUT2D eigenvalue weighted by atomic mass is 10.2. The Morgan fingerprint density at radius 2 is 1.88 bits per heavy atom. The molecule has 8 heteroatoms. The lowest BCUT2D eigenvalue weighted by Gasteiger charge is -2.13. The second kappa shape index (κ2) is 8.48. The maximum Gasteiger partial charge on any atom is 0.243 e. The first-order valence-electron chi connectivity index (χ1n) is 7.33. The molecule has 132 valence electrons. The van der Waals surface area contributed by atoms with Gasteiger partial charge in [0.1, 0.15) is 11.6 Å². The fraction of sp³-hybridized carbons (Fsp3) is 0.176. The summed E-state index contributed by atoms with van der Waals surface area (Å²) in [6.45, 7) is 1.26. The van der Waals surface area contributed by atoms with E-state index in [9.17, 15) is 14.0 Å². The van der Waals surface area contributed by atoms with E-state index in [0.717, 1.165) is 0 Å². The van der Waals surface area contributed by atoms with E-state index in [1.807, 2.05) is 0 Å². The van der Waals surface area contributed by atoms with Gasteiger partial charge in [0.05, 0.1) is 25.0 Å². The largest absolute Gasteiger partial charge is 0.495 e. The summed E-state index contributed by atoms with van der Waals surface area (Å²) in [5.74, 6) is -0.639. The molecule has 0 aliphatic carbocycles. The number of halogens is 2. The summed E-state index contributed by atoms with van der Waals surface area (Å²) < 4.78 is 19.5. The minimum atomic E-state index is -0.465. The van der Waals surface area contributed by atoms with E-state index in [2.05, 4.69) is 31.9 Å². The topological polar surface area (TPSA) is 79.5 Å². The highest BCUT2D eigenvalue weighted by Crippen LogP contribution is 2.28. The van der Waals surface area contributed by atoms with Gasteiger partial charge in [-0.05, 0) is 36.4 Å². The number of anilines is 3. The average molecular weight is 410 g/mol. The Morgan fingerprint density at radius 3 is 2.52 bits per heavy atom. The van der Waals surface area contributed by atoms with Crippen molar-refractivity contribution < 1.29 is 18.7 Å². The van der Waals surface area contributed by atoms with Crippen molar-refractivity contribution >= 4 is 44.8 Å². The van der Waals surface area contributed by atoms with E-state index >= 15 is 0 Å². The molecule has 3 N–H and O–H groups in total. The van der Waals surface area contributed by atoms with Crippen molar-refractivity contribution in [1.29, 1.82) is 0 Å². The quantitative estimate of drug-likeness (QED) is 0.680. The summed E-state index contributed by atoms with van der Waals surface area (Å²) in [5.41, 5.74) is 1.14. The lowest BCUT2D eigenvalue weighted by molar-refractivity contribution is -0.115. The van der Waals surface area contributed by atoms with Crippen LogP contribution in [-0.2, 0) is 9.59 Å². The van der Waals surface area contributed by atoms with Gasteiger partial charge in [-0.1, -0.05) is 15.9 Å². The van der Waals surface area contributed by atoms with E-state index < -0.39 is 5.82 Å². The summed E-state index contributed by atoms with van der Waals surface area (Å²) >= 11 is 3.17. The molecular formula is C17H17BrFN3O3. The van der Waals surface area contributed by atoms with Crippen molar-refractivity contribution in [3.63, 3.8) is 0 Å². The molecule has 2 aromatic rings. The third kappa shape index (κ3) is 5.46. The Balaban J connectivity index is 2.04. The van der Waals surface area contributed by atoms with Gasteiger partial charge in [-0.2, -0.15) is 0 Å². The standard InChI is InChI=1S/C17H17BrFN3O3/c1-10(23)21-12-4-6-16(25-2)15(8-12)22-17(24)9-20-14-5-3-11(18)7-13(14)19/h3-8,20H,9H2,1-2H3,(H,21,23)(H,22,24). The monoisotopic (exact) mass is 409 g/mol. The number of nitrogens with one attached hydrogen (secondary N) is 3. The Kier molecular flexibility index (Phi) is 6.35. The van der Waals surface area contributed by atoms with Crippen LogP contribution in [0.3, 0.4) is 0 Å². The molecule has 0 aromatic heterocycles. The normalized spacial score (nSPS) is 10.1. The van der Waals surface area contributed by atoms with Crippen molar-refractivity contribution in [2.75, 3.05) is 29.6 Å². The maximum atomic E-state index is 13.7. The molecule has 0 unspecified atom stereocenters. The molecule has 0 saturated heterocycles. The number of amides is 2. The molecule has 2 amide bonds. The Labute approximate surface area is 152 Å². The van der Waals surface area contributed by atoms with E-state index in [0.29, 0.717) is 21.6 Å². The average Bonchev–Trinajstić information content (AvgIpc) is 2.54. The molecule has 25 heavy (non-hydrogen) atoms. The molecule has 0 bridgehead atoms. The van der Waals surface area contributed by atoms with Crippen molar-refractivity contribution in [3.05, 3.63) is 46.7 Å². The maximum absolute atomic E-state index is 13.7. The Hall–Kier alpha value is -2.61. The van der Waals surface area contributed by atoms with Gasteiger partial charge < -0.3 is 20.7 Å². The van der Waals surface area contributed by atoms with Gasteiger partial charge in [0.15, 0.2) is 0 Å². The van der Waals surface area contributed by atoms with E-state index in [4.69, 9.17) is 4.74 Å². The van der Waals surface area contributed by atoms with Crippen molar-refractivity contribution in [2.45, 2.75) is 6.92 Å². The molecular weight excluding hydrogens is 393 g/mol. The van der Waals surface area contributed by atoms with Crippen LogP contribution in [0.2, 0.25) is 0 Å². The van der Waals surface area contributed by atoms with E-state index in [1.54, 1.807) is 24.3 Å². The highest BCUT2D eigenvalue weighted by Gasteiger charge is 2.10. The van der Waals surface area contributed by atoms with Crippen LogP contribution in [0.1, 0.15) is 6.92 Å². The van der Waals surface area contributed by atoms with E-state index in [1.165, 1.54) is 26.2 Å². The summed E-state index contributed by atoms with van der Waals surface area (Å²) in [6.07, 6.45) is 0. The van der Waals surface area contributed by atoms with Crippen LogP contribution in [0.4, 0.5) is 21.5 Å². The van der Waals surface area contributed by atoms with Gasteiger partial charge in [-0.15, -0.1) is 0 Å². The molecule has 0 aliphatic heterocycles. The van der Waals surface area contributed by atoms with Gasteiger partial charge in [0.25, 0.3) is 0 Å². The van der Waals surface area contributed by atoms with Gasteiger partial charge >= 0.3 is 0 Å². The predicted octanol–water partition coefficient (Wildman–Crippen LogP) is 3.61. The second-order valence-corrected chi connectivity index (χ2v) is 6.04. The Bertz CT molecular complexity index is 799. The zero-order valence-corrected chi connectivity index (χ0v) is 15.2. The first-order chi connectivity index (χ1) is 11.9. The highest BCUT2D eigenvalue weighted by molar-refractivity contribution is 9.10. The number of methoxy groups -OCH3 is 1. The molecule has 0 aliphatic rings. The molecule has 0 saturated carbocycles. The first-order valence-corrected chi connectivity index (χ1v) is 8.12. The second-order valence-electron chi connectivity index (χ2n) is 5.12. The van der Waals surface area contributed by atoms with Crippen LogP contribution in [-0.4, -0.2) is 25.5 Å². The molecule has 0 heterocycles. The molecule has 0 radical (unpaired) electrons. The van der Waals surface area contributed by atoms with Gasteiger partial charge in [-0.25, -0.2) is 4.39 Å². The van der Waals surface area contributed by atoms with Crippen molar-refractivity contribution in [3.8, 4) is 5.75 Å². The van der Waals surface area contributed by atoms with Gasteiger partial charge in [-0.3, -0.25) is 9.59 Å². The van der Waals surface area contributed by atoms with Crippen molar-refractivity contribution in [1.82, 2.24) is 0 Å². The number of benzene rings is 2. The van der Waals surface area contributed by atoms with Gasteiger partial charge in [0, 0.05) is 17.1 Å². The summed E-state index contributed by atoms with van der Waals surface area (Å²) in [4.78, 5) is 23.3. The molecule has 0 spiro atoms.